The lowest BCUT2D eigenvalue weighted by Crippen LogP contribution is -2.54. The van der Waals surface area contributed by atoms with Crippen LogP contribution in [0.3, 0.4) is 0 Å². The average Bonchev–Trinajstić information content (AvgIpc) is 2.94. The quantitative estimate of drug-likeness (QED) is 0.712. The summed E-state index contributed by atoms with van der Waals surface area (Å²) in [6.07, 6.45) is 5.49. The molecule has 0 aromatic heterocycles. The lowest BCUT2D eigenvalue weighted by atomic mass is 9.92. The molecule has 1 saturated carbocycles. The van der Waals surface area contributed by atoms with Crippen molar-refractivity contribution in [2.45, 2.75) is 49.0 Å². The molecule has 1 N–H and O–H groups in total. The number of amides is 1. The second-order valence-corrected chi connectivity index (χ2v) is 10.1. The summed E-state index contributed by atoms with van der Waals surface area (Å²) in [4.78, 5) is 14.6. The van der Waals surface area contributed by atoms with Crippen LogP contribution in [0.25, 0.3) is 0 Å². The van der Waals surface area contributed by atoms with Crippen molar-refractivity contribution in [3.8, 4) is 6.07 Å². The van der Waals surface area contributed by atoms with Gasteiger partial charge in [-0.1, -0.05) is 49.4 Å². The molecule has 1 aliphatic carbocycles. The monoisotopic (exact) mass is 438 g/mol. The van der Waals surface area contributed by atoms with Crippen LogP contribution >= 0.6 is 11.6 Å². The molecule has 1 aliphatic heterocycles. The average molecular weight is 439 g/mol. The van der Waals surface area contributed by atoms with Crippen molar-refractivity contribution in [1.82, 2.24) is 14.5 Å². The number of benzene rings is 1. The number of hydrogen-bond donors (Lipinski definition) is 1. The SMILES string of the molecule is N#CC1(NC(=O)CN2CCN(S(=O)(=O)c3ccccc3Cl)CC2)CCCCCC1. The zero-order chi connectivity index (χ0) is 20.9. The van der Waals surface area contributed by atoms with Crippen molar-refractivity contribution in [3.05, 3.63) is 29.3 Å². The van der Waals surface area contributed by atoms with E-state index in [1.54, 1.807) is 18.2 Å². The number of nitrogens with one attached hydrogen (secondary N) is 1. The number of nitriles is 1. The zero-order valence-corrected chi connectivity index (χ0v) is 18.0. The van der Waals surface area contributed by atoms with E-state index in [1.165, 1.54) is 10.4 Å². The van der Waals surface area contributed by atoms with Crippen LogP contribution in [0.5, 0.6) is 0 Å². The van der Waals surface area contributed by atoms with E-state index in [4.69, 9.17) is 11.6 Å². The van der Waals surface area contributed by atoms with E-state index in [9.17, 15) is 18.5 Å². The summed E-state index contributed by atoms with van der Waals surface area (Å²) in [6, 6.07) is 8.74. The number of hydrogen-bond acceptors (Lipinski definition) is 5. The van der Waals surface area contributed by atoms with Crippen LogP contribution < -0.4 is 5.32 Å². The van der Waals surface area contributed by atoms with Crippen LogP contribution in [0.1, 0.15) is 38.5 Å². The Kier molecular flexibility index (Phi) is 7.17. The Balaban J connectivity index is 1.55. The highest BCUT2D eigenvalue weighted by atomic mass is 35.5. The summed E-state index contributed by atoms with van der Waals surface area (Å²) in [6.45, 7) is 1.67. The molecule has 1 heterocycles. The molecule has 1 aromatic rings. The summed E-state index contributed by atoms with van der Waals surface area (Å²) in [5.41, 5.74) is -0.761. The molecule has 2 aliphatic rings. The summed E-state index contributed by atoms with van der Waals surface area (Å²) in [7, 11) is -3.65. The van der Waals surface area contributed by atoms with Gasteiger partial charge in [-0.15, -0.1) is 0 Å². The number of carbonyl (C=O) groups is 1. The first-order valence-corrected chi connectivity index (χ1v) is 11.9. The topological polar surface area (TPSA) is 93.5 Å². The molecule has 0 unspecified atom stereocenters. The Bertz CT molecular complexity index is 868. The largest absolute Gasteiger partial charge is 0.337 e. The lowest BCUT2D eigenvalue weighted by molar-refractivity contribution is -0.124. The third-order valence-electron chi connectivity index (χ3n) is 5.70. The molecular formula is C20H27ClN4O3S. The van der Waals surface area contributed by atoms with E-state index in [0.717, 1.165) is 25.7 Å². The van der Waals surface area contributed by atoms with Gasteiger partial charge in [-0.3, -0.25) is 9.69 Å². The van der Waals surface area contributed by atoms with Crippen molar-refractivity contribution >= 4 is 27.5 Å². The highest BCUT2D eigenvalue weighted by Gasteiger charge is 2.34. The number of halogens is 1. The number of carbonyl (C=O) groups excluding carboxylic acids is 1. The summed E-state index contributed by atoms with van der Waals surface area (Å²) in [5.74, 6) is -0.170. The highest BCUT2D eigenvalue weighted by Crippen LogP contribution is 2.27. The van der Waals surface area contributed by atoms with Crippen LogP contribution in [0.15, 0.2) is 29.2 Å². The lowest BCUT2D eigenvalue weighted by Gasteiger charge is -2.34. The van der Waals surface area contributed by atoms with Gasteiger partial charge in [-0.2, -0.15) is 9.57 Å². The van der Waals surface area contributed by atoms with Crippen LogP contribution in [0.4, 0.5) is 0 Å². The third kappa shape index (κ3) is 5.28. The Labute approximate surface area is 177 Å². The van der Waals surface area contributed by atoms with Gasteiger partial charge < -0.3 is 5.32 Å². The molecule has 0 spiro atoms. The minimum Gasteiger partial charge on any atom is -0.337 e. The van der Waals surface area contributed by atoms with Gasteiger partial charge in [-0.25, -0.2) is 8.42 Å². The Hall–Kier alpha value is -1.66. The van der Waals surface area contributed by atoms with Gasteiger partial charge in [-0.05, 0) is 25.0 Å². The normalized spacial score (nSPS) is 21.1. The van der Waals surface area contributed by atoms with Crippen molar-refractivity contribution in [2.24, 2.45) is 0 Å². The summed E-state index contributed by atoms with van der Waals surface area (Å²) >= 11 is 6.06. The highest BCUT2D eigenvalue weighted by molar-refractivity contribution is 7.89. The standard InChI is InChI=1S/C20H27ClN4O3S/c21-17-7-3-4-8-18(17)29(27,28)25-13-11-24(12-14-25)15-19(26)23-20(16-22)9-5-1-2-6-10-20/h3-4,7-8H,1-2,5-6,9-15H2,(H,23,26). The van der Waals surface area contributed by atoms with E-state index in [2.05, 4.69) is 11.4 Å². The molecule has 0 atom stereocenters. The zero-order valence-electron chi connectivity index (χ0n) is 16.4. The summed E-state index contributed by atoms with van der Waals surface area (Å²) < 4.78 is 27.0. The van der Waals surface area contributed by atoms with E-state index in [0.29, 0.717) is 39.0 Å². The molecule has 1 aromatic carbocycles. The fourth-order valence-corrected chi connectivity index (χ4v) is 5.94. The number of sulfonamides is 1. The predicted molar refractivity (Wildman–Crippen MR) is 111 cm³/mol. The van der Waals surface area contributed by atoms with Crippen LogP contribution in [0, 0.1) is 11.3 Å². The fraction of sp³-hybridized carbons (Fsp3) is 0.600. The van der Waals surface area contributed by atoms with Crippen LogP contribution in [-0.4, -0.2) is 61.8 Å². The smallest absolute Gasteiger partial charge is 0.244 e. The molecular weight excluding hydrogens is 412 g/mol. The maximum atomic E-state index is 12.8. The van der Waals surface area contributed by atoms with Gasteiger partial charge in [0.05, 0.1) is 17.6 Å². The maximum Gasteiger partial charge on any atom is 0.244 e. The number of piperazine rings is 1. The fourth-order valence-electron chi connectivity index (χ4n) is 4.03. The molecule has 29 heavy (non-hydrogen) atoms. The number of nitrogens with zero attached hydrogens (tertiary/aromatic N) is 3. The van der Waals surface area contributed by atoms with E-state index in [-0.39, 0.29) is 22.4 Å². The maximum absolute atomic E-state index is 12.8. The van der Waals surface area contributed by atoms with Crippen molar-refractivity contribution in [1.29, 1.82) is 5.26 Å². The molecule has 2 fully saturated rings. The van der Waals surface area contributed by atoms with Crippen molar-refractivity contribution < 1.29 is 13.2 Å². The van der Waals surface area contributed by atoms with Crippen molar-refractivity contribution in [2.75, 3.05) is 32.7 Å². The van der Waals surface area contributed by atoms with E-state index < -0.39 is 15.6 Å². The Morgan fingerprint density at radius 1 is 1.10 bits per heavy atom. The molecule has 3 rings (SSSR count). The molecule has 9 heteroatoms. The van der Waals surface area contributed by atoms with E-state index in [1.807, 2.05) is 4.90 Å². The van der Waals surface area contributed by atoms with Gasteiger partial charge in [0, 0.05) is 26.2 Å². The number of rotatable bonds is 5. The van der Waals surface area contributed by atoms with Gasteiger partial charge in [0.15, 0.2) is 0 Å². The third-order valence-corrected chi connectivity index (χ3v) is 8.10. The second kappa shape index (κ2) is 9.43. The first-order chi connectivity index (χ1) is 13.9. The molecule has 0 bridgehead atoms. The van der Waals surface area contributed by atoms with Gasteiger partial charge in [0.1, 0.15) is 10.4 Å². The predicted octanol–water partition coefficient (Wildman–Crippen LogP) is 2.38. The van der Waals surface area contributed by atoms with Crippen LogP contribution in [0.2, 0.25) is 5.02 Å². The summed E-state index contributed by atoms with van der Waals surface area (Å²) in [5, 5.41) is 12.8. The Morgan fingerprint density at radius 3 is 2.31 bits per heavy atom. The molecule has 1 saturated heterocycles. The first-order valence-electron chi connectivity index (χ1n) is 10.1. The molecule has 1 amide bonds. The molecule has 158 valence electrons. The van der Waals surface area contributed by atoms with Crippen LogP contribution in [-0.2, 0) is 14.8 Å². The molecule has 7 nitrogen and oxygen atoms in total. The van der Waals surface area contributed by atoms with Gasteiger partial charge in [0.2, 0.25) is 15.9 Å². The van der Waals surface area contributed by atoms with Gasteiger partial charge in [0.25, 0.3) is 0 Å². The molecule has 0 radical (unpaired) electrons. The minimum absolute atomic E-state index is 0.109. The second-order valence-electron chi connectivity index (χ2n) is 7.77. The van der Waals surface area contributed by atoms with E-state index >= 15 is 0 Å². The minimum atomic E-state index is -3.65. The van der Waals surface area contributed by atoms with Gasteiger partial charge >= 0.3 is 0 Å². The Morgan fingerprint density at radius 2 is 1.72 bits per heavy atom. The first kappa shape index (κ1) is 22.0. The van der Waals surface area contributed by atoms with Crippen molar-refractivity contribution in [3.63, 3.8) is 0 Å².